The summed E-state index contributed by atoms with van der Waals surface area (Å²) in [5.74, 6) is 0.956. The van der Waals surface area contributed by atoms with E-state index in [0.29, 0.717) is 5.56 Å². The van der Waals surface area contributed by atoms with Crippen molar-refractivity contribution in [2.45, 2.75) is 19.8 Å². The van der Waals surface area contributed by atoms with Crippen molar-refractivity contribution in [3.05, 3.63) is 52.1 Å². The molecule has 0 aliphatic carbocycles. The Balaban J connectivity index is 1.89. The van der Waals surface area contributed by atoms with Crippen molar-refractivity contribution in [3.8, 4) is 0 Å². The second-order valence-corrected chi connectivity index (χ2v) is 4.27. The van der Waals surface area contributed by atoms with Crippen molar-refractivity contribution in [1.29, 1.82) is 0 Å². The normalized spacial score (nSPS) is 10.4. The van der Waals surface area contributed by atoms with Crippen LogP contribution < -0.4 is 5.32 Å². The molecule has 0 radical (unpaired) electrons. The van der Waals surface area contributed by atoms with Gasteiger partial charge in [0.25, 0.3) is 5.69 Å². The fraction of sp³-hybridized carbons (Fsp3) is 0.308. The zero-order valence-electron chi connectivity index (χ0n) is 10.7. The number of H-pyrrole nitrogens is 1. The van der Waals surface area contributed by atoms with Crippen LogP contribution in [0.3, 0.4) is 0 Å². The standard InChI is InChI=1S/C13H16N4O2/c1-10-11(4-2-5-12(10)17(18)19)14-7-3-6-13-15-8-9-16-13/h2,4-5,8-9,14H,3,6-7H2,1H3,(H,15,16). The quantitative estimate of drug-likeness (QED) is 0.475. The Hall–Kier alpha value is -2.37. The van der Waals surface area contributed by atoms with Crippen molar-refractivity contribution in [2.24, 2.45) is 0 Å². The van der Waals surface area contributed by atoms with Crippen LogP contribution in [0.4, 0.5) is 11.4 Å². The lowest BCUT2D eigenvalue weighted by atomic mass is 10.1. The lowest BCUT2D eigenvalue weighted by molar-refractivity contribution is -0.385. The van der Waals surface area contributed by atoms with Crippen molar-refractivity contribution in [2.75, 3.05) is 11.9 Å². The maximum Gasteiger partial charge on any atom is 0.274 e. The van der Waals surface area contributed by atoms with E-state index >= 15 is 0 Å². The number of aromatic nitrogens is 2. The van der Waals surface area contributed by atoms with E-state index in [1.54, 1.807) is 25.4 Å². The first-order valence-electron chi connectivity index (χ1n) is 6.14. The number of aromatic amines is 1. The van der Waals surface area contributed by atoms with Crippen LogP contribution in [0, 0.1) is 17.0 Å². The van der Waals surface area contributed by atoms with Gasteiger partial charge in [-0.1, -0.05) is 6.07 Å². The molecule has 0 aliphatic rings. The van der Waals surface area contributed by atoms with Gasteiger partial charge < -0.3 is 10.3 Å². The Morgan fingerprint density at radius 1 is 1.47 bits per heavy atom. The highest BCUT2D eigenvalue weighted by Crippen LogP contribution is 2.24. The van der Waals surface area contributed by atoms with E-state index in [-0.39, 0.29) is 10.6 Å². The third-order valence-electron chi connectivity index (χ3n) is 2.96. The van der Waals surface area contributed by atoms with Gasteiger partial charge in [0.1, 0.15) is 5.82 Å². The summed E-state index contributed by atoms with van der Waals surface area (Å²) < 4.78 is 0. The van der Waals surface area contributed by atoms with Crippen LogP contribution in [-0.4, -0.2) is 21.4 Å². The third kappa shape index (κ3) is 3.31. The van der Waals surface area contributed by atoms with E-state index in [2.05, 4.69) is 15.3 Å². The van der Waals surface area contributed by atoms with Crippen LogP contribution in [-0.2, 0) is 6.42 Å². The molecule has 0 saturated heterocycles. The summed E-state index contributed by atoms with van der Waals surface area (Å²) >= 11 is 0. The lowest BCUT2D eigenvalue weighted by Crippen LogP contribution is -2.06. The molecule has 2 rings (SSSR count). The van der Waals surface area contributed by atoms with E-state index in [1.807, 2.05) is 6.07 Å². The molecule has 0 spiro atoms. The molecule has 1 aromatic carbocycles. The number of nitrogens with zero attached hydrogens (tertiary/aromatic N) is 2. The van der Waals surface area contributed by atoms with Gasteiger partial charge in [0.2, 0.25) is 0 Å². The fourth-order valence-corrected chi connectivity index (χ4v) is 1.93. The van der Waals surface area contributed by atoms with Gasteiger partial charge in [0.05, 0.1) is 4.92 Å². The van der Waals surface area contributed by atoms with Crippen molar-refractivity contribution in [3.63, 3.8) is 0 Å². The van der Waals surface area contributed by atoms with Crippen LogP contribution in [0.2, 0.25) is 0 Å². The molecular formula is C13H16N4O2. The molecular weight excluding hydrogens is 244 g/mol. The van der Waals surface area contributed by atoms with E-state index in [9.17, 15) is 10.1 Å². The molecule has 0 amide bonds. The van der Waals surface area contributed by atoms with E-state index in [1.165, 1.54) is 6.07 Å². The lowest BCUT2D eigenvalue weighted by Gasteiger charge is -2.09. The number of rotatable bonds is 6. The minimum absolute atomic E-state index is 0.149. The van der Waals surface area contributed by atoms with Crippen LogP contribution in [0.25, 0.3) is 0 Å². The number of nitrogens with one attached hydrogen (secondary N) is 2. The van der Waals surface area contributed by atoms with Crippen LogP contribution in [0.1, 0.15) is 17.8 Å². The molecule has 19 heavy (non-hydrogen) atoms. The number of hydrogen-bond donors (Lipinski definition) is 2. The number of nitro groups is 1. The zero-order chi connectivity index (χ0) is 13.7. The Labute approximate surface area is 111 Å². The minimum atomic E-state index is -0.358. The topological polar surface area (TPSA) is 83.8 Å². The number of benzene rings is 1. The summed E-state index contributed by atoms with van der Waals surface area (Å²) in [7, 11) is 0. The molecule has 1 heterocycles. The molecule has 0 saturated carbocycles. The van der Waals surface area contributed by atoms with Gasteiger partial charge in [-0.15, -0.1) is 0 Å². The second-order valence-electron chi connectivity index (χ2n) is 4.27. The molecule has 6 nitrogen and oxygen atoms in total. The van der Waals surface area contributed by atoms with Crippen LogP contribution in [0.15, 0.2) is 30.6 Å². The first kappa shape index (κ1) is 13.1. The zero-order valence-corrected chi connectivity index (χ0v) is 10.7. The Kier molecular flexibility index (Phi) is 4.12. The molecule has 0 aliphatic heterocycles. The highest BCUT2D eigenvalue weighted by atomic mass is 16.6. The van der Waals surface area contributed by atoms with Gasteiger partial charge in [-0.05, 0) is 19.4 Å². The average molecular weight is 260 g/mol. The molecule has 1 aromatic heterocycles. The van der Waals surface area contributed by atoms with Gasteiger partial charge in [-0.25, -0.2) is 4.98 Å². The van der Waals surface area contributed by atoms with E-state index in [0.717, 1.165) is 30.9 Å². The smallest absolute Gasteiger partial charge is 0.274 e. The summed E-state index contributed by atoms with van der Waals surface area (Å²) in [6.45, 7) is 2.51. The third-order valence-corrected chi connectivity index (χ3v) is 2.96. The average Bonchev–Trinajstić information content (AvgIpc) is 2.89. The number of hydrogen-bond acceptors (Lipinski definition) is 4. The first-order valence-corrected chi connectivity index (χ1v) is 6.14. The first-order chi connectivity index (χ1) is 9.18. The summed E-state index contributed by atoms with van der Waals surface area (Å²) in [5.41, 5.74) is 1.63. The summed E-state index contributed by atoms with van der Waals surface area (Å²) in [6.07, 6.45) is 5.30. The highest BCUT2D eigenvalue weighted by molar-refractivity contribution is 5.59. The summed E-state index contributed by atoms with van der Waals surface area (Å²) in [5, 5.41) is 14.0. The Bertz CT molecular complexity index is 552. The maximum atomic E-state index is 10.8. The SMILES string of the molecule is Cc1c(NCCCc2ncc[nH]2)cccc1[N+](=O)[O-]. The molecule has 0 unspecified atom stereocenters. The Morgan fingerprint density at radius 3 is 3.00 bits per heavy atom. The monoisotopic (exact) mass is 260 g/mol. The molecule has 2 N–H and O–H groups in total. The van der Waals surface area contributed by atoms with E-state index < -0.39 is 0 Å². The molecule has 0 bridgehead atoms. The summed E-state index contributed by atoms with van der Waals surface area (Å²) in [4.78, 5) is 17.7. The largest absolute Gasteiger partial charge is 0.385 e. The van der Waals surface area contributed by atoms with Gasteiger partial charge >= 0.3 is 0 Å². The maximum absolute atomic E-state index is 10.8. The minimum Gasteiger partial charge on any atom is -0.385 e. The Morgan fingerprint density at radius 2 is 2.32 bits per heavy atom. The fourth-order valence-electron chi connectivity index (χ4n) is 1.93. The molecule has 6 heteroatoms. The predicted molar refractivity (Wildman–Crippen MR) is 73.2 cm³/mol. The predicted octanol–water partition coefficient (Wildman–Crippen LogP) is 2.67. The second kappa shape index (κ2) is 5.99. The van der Waals surface area contributed by atoms with E-state index in [4.69, 9.17) is 0 Å². The van der Waals surface area contributed by atoms with Crippen LogP contribution >= 0.6 is 0 Å². The van der Waals surface area contributed by atoms with Gasteiger partial charge in [-0.3, -0.25) is 10.1 Å². The van der Waals surface area contributed by atoms with Crippen molar-refractivity contribution in [1.82, 2.24) is 9.97 Å². The molecule has 100 valence electrons. The number of anilines is 1. The molecule has 2 aromatic rings. The van der Waals surface area contributed by atoms with Crippen molar-refractivity contribution < 1.29 is 4.92 Å². The molecule has 0 fully saturated rings. The highest BCUT2D eigenvalue weighted by Gasteiger charge is 2.12. The van der Waals surface area contributed by atoms with Gasteiger partial charge in [0.15, 0.2) is 0 Å². The molecule has 0 atom stereocenters. The number of imidazole rings is 1. The van der Waals surface area contributed by atoms with Crippen molar-refractivity contribution >= 4 is 11.4 Å². The summed E-state index contributed by atoms with van der Waals surface area (Å²) in [6, 6.07) is 5.07. The number of nitro benzene ring substituents is 1. The van der Waals surface area contributed by atoms with Gasteiger partial charge in [0, 0.05) is 42.7 Å². The van der Waals surface area contributed by atoms with Crippen LogP contribution in [0.5, 0.6) is 0 Å². The van der Waals surface area contributed by atoms with Gasteiger partial charge in [-0.2, -0.15) is 0 Å². The number of aryl methyl sites for hydroxylation is 1.